The third kappa shape index (κ3) is 5.84. The van der Waals surface area contributed by atoms with Gasteiger partial charge < -0.3 is 15.3 Å². The molecule has 1 aromatic heterocycles. The zero-order valence-electron chi connectivity index (χ0n) is 14.3. The summed E-state index contributed by atoms with van der Waals surface area (Å²) < 4.78 is 0. The Morgan fingerprint density at radius 1 is 1.43 bits per heavy atom. The lowest BCUT2D eigenvalue weighted by atomic mass is 9.96. The number of hydrogen-bond donors (Lipinski definition) is 2. The average molecular weight is 340 g/mol. The highest BCUT2D eigenvalue weighted by Gasteiger charge is 2.21. The summed E-state index contributed by atoms with van der Waals surface area (Å²) in [5, 5.41) is 12.5. The Labute approximate surface area is 142 Å². The standard InChI is InChI=1S/C16H28N4O2S/c1-12-13(2)23-16(17-12)18-15(22)11-19(3)10-14-4-6-20(7-5-14)8-9-21/h14,21H,4-11H2,1-3H3,(H,17,18,22). The molecular formula is C16H28N4O2S. The number of likely N-dealkylation sites (tertiary alicyclic amines) is 1. The molecule has 1 aliphatic rings. The van der Waals surface area contributed by atoms with Gasteiger partial charge in [-0.15, -0.1) is 11.3 Å². The molecule has 7 heteroatoms. The van der Waals surface area contributed by atoms with Gasteiger partial charge >= 0.3 is 0 Å². The van der Waals surface area contributed by atoms with Crippen LogP contribution in [0.4, 0.5) is 5.13 Å². The Morgan fingerprint density at radius 3 is 2.70 bits per heavy atom. The number of carbonyl (C=O) groups is 1. The van der Waals surface area contributed by atoms with Gasteiger partial charge in [-0.05, 0) is 52.7 Å². The van der Waals surface area contributed by atoms with Gasteiger partial charge in [0.25, 0.3) is 0 Å². The first-order valence-corrected chi connectivity index (χ1v) is 9.05. The van der Waals surface area contributed by atoms with E-state index in [9.17, 15) is 4.79 Å². The molecule has 0 aromatic carbocycles. The van der Waals surface area contributed by atoms with E-state index in [1.807, 2.05) is 20.9 Å². The lowest BCUT2D eigenvalue weighted by molar-refractivity contribution is -0.117. The molecule has 1 aliphatic heterocycles. The number of nitrogens with zero attached hydrogens (tertiary/aromatic N) is 3. The minimum Gasteiger partial charge on any atom is -0.395 e. The van der Waals surface area contributed by atoms with Crippen molar-refractivity contribution >= 4 is 22.4 Å². The molecule has 130 valence electrons. The fraction of sp³-hybridized carbons (Fsp3) is 0.750. The highest BCUT2D eigenvalue weighted by atomic mass is 32.1. The van der Waals surface area contributed by atoms with Crippen molar-refractivity contribution in [3.05, 3.63) is 10.6 Å². The maximum absolute atomic E-state index is 12.1. The predicted octanol–water partition coefficient (Wildman–Crippen LogP) is 1.33. The van der Waals surface area contributed by atoms with Crippen LogP contribution in [0.25, 0.3) is 0 Å². The second-order valence-corrected chi connectivity index (χ2v) is 7.62. The number of amides is 1. The Kier molecular flexibility index (Phi) is 6.95. The lowest BCUT2D eigenvalue weighted by Gasteiger charge is -2.33. The van der Waals surface area contributed by atoms with Crippen LogP contribution in [0.15, 0.2) is 0 Å². The van der Waals surface area contributed by atoms with Crippen LogP contribution in [0.3, 0.4) is 0 Å². The van der Waals surface area contributed by atoms with Gasteiger partial charge in [0.2, 0.25) is 5.91 Å². The summed E-state index contributed by atoms with van der Waals surface area (Å²) in [5.41, 5.74) is 0.980. The van der Waals surface area contributed by atoms with E-state index in [4.69, 9.17) is 5.11 Å². The van der Waals surface area contributed by atoms with E-state index >= 15 is 0 Å². The highest BCUT2D eigenvalue weighted by molar-refractivity contribution is 7.15. The van der Waals surface area contributed by atoms with Gasteiger partial charge in [-0.2, -0.15) is 0 Å². The van der Waals surface area contributed by atoms with Crippen molar-refractivity contribution in [3.8, 4) is 0 Å². The number of anilines is 1. The summed E-state index contributed by atoms with van der Waals surface area (Å²) in [4.78, 5) is 22.0. The lowest BCUT2D eigenvalue weighted by Crippen LogP contribution is -2.40. The van der Waals surface area contributed by atoms with Crippen molar-refractivity contribution in [2.75, 3.05) is 51.7 Å². The average Bonchev–Trinajstić information content (AvgIpc) is 2.79. The quantitative estimate of drug-likeness (QED) is 0.784. The van der Waals surface area contributed by atoms with Gasteiger partial charge in [0.15, 0.2) is 5.13 Å². The van der Waals surface area contributed by atoms with E-state index in [0.29, 0.717) is 17.6 Å². The molecule has 0 aliphatic carbocycles. The molecule has 1 aromatic rings. The number of rotatable bonds is 7. The van der Waals surface area contributed by atoms with Crippen molar-refractivity contribution in [1.82, 2.24) is 14.8 Å². The molecule has 1 fully saturated rings. The van der Waals surface area contributed by atoms with Crippen molar-refractivity contribution in [1.29, 1.82) is 0 Å². The minimum absolute atomic E-state index is 0.000957. The van der Waals surface area contributed by atoms with Crippen LogP contribution < -0.4 is 5.32 Å². The largest absolute Gasteiger partial charge is 0.395 e. The summed E-state index contributed by atoms with van der Waals surface area (Å²) in [5.74, 6) is 0.631. The number of nitrogens with one attached hydrogen (secondary N) is 1. The van der Waals surface area contributed by atoms with Gasteiger partial charge in [0.05, 0.1) is 18.8 Å². The highest BCUT2D eigenvalue weighted by Crippen LogP contribution is 2.21. The number of aliphatic hydroxyl groups excluding tert-OH is 1. The molecule has 1 amide bonds. The smallest absolute Gasteiger partial charge is 0.240 e. The summed E-state index contributed by atoms with van der Waals surface area (Å²) in [6.45, 7) is 8.41. The summed E-state index contributed by atoms with van der Waals surface area (Å²) >= 11 is 1.52. The number of aryl methyl sites for hydroxylation is 2. The number of piperidine rings is 1. The van der Waals surface area contributed by atoms with E-state index < -0.39 is 0 Å². The van der Waals surface area contributed by atoms with Crippen LogP contribution in [0.2, 0.25) is 0 Å². The third-order valence-corrected chi connectivity index (χ3v) is 5.37. The van der Waals surface area contributed by atoms with Crippen LogP contribution in [-0.4, -0.2) is 72.2 Å². The molecule has 1 saturated heterocycles. The Hall–Kier alpha value is -1.02. The summed E-state index contributed by atoms with van der Waals surface area (Å²) in [7, 11) is 2.00. The van der Waals surface area contributed by atoms with Crippen molar-refractivity contribution in [3.63, 3.8) is 0 Å². The first kappa shape index (κ1) is 18.3. The first-order valence-electron chi connectivity index (χ1n) is 8.23. The number of thiazole rings is 1. The monoisotopic (exact) mass is 340 g/mol. The molecule has 0 radical (unpaired) electrons. The zero-order valence-corrected chi connectivity index (χ0v) is 15.2. The molecular weight excluding hydrogens is 312 g/mol. The van der Waals surface area contributed by atoms with Crippen molar-refractivity contribution < 1.29 is 9.90 Å². The van der Waals surface area contributed by atoms with Gasteiger partial charge in [-0.1, -0.05) is 0 Å². The molecule has 0 atom stereocenters. The van der Waals surface area contributed by atoms with Gasteiger partial charge in [-0.3, -0.25) is 9.69 Å². The fourth-order valence-electron chi connectivity index (χ4n) is 2.97. The van der Waals surface area contributed by atoms with Gasteiger partial charge in [0.1, 0.15) is 0 Å². The van der Waals surface area contributed by atoms with Crippen LogP contribution in [-0.2, 0) is 4.79 Å². The number of hydrogen-bond acceptors (Lipinski definition) is 6. The van der Waals surface area contributed by atoms with Gasteiger partial charge in [-0.25, -0.2) is 4.98 Å². The Bertz CT molecular complexity index is 493. The van der Waals surface area contributed by atoms with E-state index in [1.54, 1.807) is 0 Å². The second kappa shape index (κ2) is 8.73. The Morgan fingerprint density at radius 2 is 2.13 bits per heavy atom. The fourth-order valence-corrected chi connectivity index (χ4v) is 3.80. The van der Waals surface area contributed by atoms with Crippen LogP contribution in [0.5, 0.6) is 0 Å². The maximum Gasteiger partial charge on any atom is 0.240 e. The van der Waals surface area contributed by atoms with E-state index in [1.165, 1.54) is 11.3 Å². The summed E-state index contributed by atoms with van der Waals surface area (Å²) in [6, 6.07) is 0. The van der Waals surface area contributed by atoms with Crippen molar-refractivity contribution in [2.45, 2.75) is 26.7 Å². The normalized spacial score (nSPS) is 16.9. The minimum atomic E-state index is -0.000957. The number of β-amino-alcohol motifs (C(OH)–C–C–N with tert-alkyl or cyclic N) is 1. The predicted molar refractivity (Wildman–Crippen MR) is 94.0 cm³/mol. The first-order chi connectivity index (χ1) is 11.0. The van der Waals surface area contributed by atoms with E-state index in [2.05, 4.69) is 20.1 Å². The molecule has 0 saturated carbocycles. The molecule has 0 bridgehead atoms. The molecule has 2 rings (SSSR count). The molecule has 23 heavy (non-hydrogen) atoms. The molecule has 2 heterocycles. The third-order valence-electron chi connectivity index (χ3n) is 4.38. The van der Waals surface area contributed by atoms with Crippen LogP contribution in [0.1, 0.15) is 23.4 Å². The number of carbonyl (C=O) groups excluding carboxylic acids is 1. The SMILES string of the molecule is Cc1nc(NC(=O)CN(C)CC2CCN(CCO)CC2)sc1C. The second-order valence-electron chi connectivity index (χ2n) is 6.41. The summed E-state index contributed by atoms with van der Waals surface area (Å²) in [6.07, 6.45) is 2.27. The molecule has 0 spiro atoms. The molecule has 6 nitrogen and oxygen atoms in total. The Balaban J connectivity index is 1.70. The van der Waals surface area contributed by atoms with Crippen LogP contribution >= 0.6 is 11.3 Å². The van der Waals surface area contributed by atoms with E-state index in [0.717, 1.165) is 49.6 Å². The van der Waals surface area contributed by atoms with Crippen LogP contribution in [0, 0.1) is 19.8 Å². The van der Waals surface area contributed by atoms with E-state index in [-0.39, 0.29) is 12.5 Å². The number of aliphatic hydroxyl groups is 1. The maximum atomic E-state index is 12.1. The topological polar surface area (TPSA) is 68.7 Å². The molecule has 0 unspecified atom stereocenters. The van der Waals surface area contributed by atoms with Gasteiger partial charge in [0, 0.05) is 18.0 Å². The molecule has 2 N–H and O–H groups in total. The number of aromatic nitrogens is 1. The number of likely N-dealkylation sites (N-methyl/N-ethyl adjacent to an activating group) is 1. The zero-order chi connectivity index (χ0) is 16.8. The van der Waals surface area contributed by atoms with Crippen molar-refractivity contribution in [2.24, 2.45) is 5.92 Å².